The molecule has 7 heteroatoms. The van der Waals surface area contributed by atoms with Gasteiger partial charge in [0.15, 0.2) is 15.1 Å². The number of benzene rings is 2. The SMILES string of the molecule is Cc1ccc(C(=O)c2cccn2C/C=C/c2cccc(S(=O)(=O)C(C)C(=O)O)c2)cc1. The number of sulfone groups is 1. The Morgan fingerprint density at radius 1 is 1.06 bits per heavy atom. The maximum Gasteiger partial charge on any atom is 0.321 e. The molecule has 0 bridgehead atoms. The van der Waals surface area contributed by atoms with Crippen LogP contribution in [-0.4, -0.2) is 35.1 Å². The van der Waals surface area contributed by atoms with E-state index in [-0.39, 0.29) is 10.7 Å². The summed E-state index contributed by atoms with van der Waals surface area (Å²) in [7, 11) is -3.96. The average molecular weight is 438 g/mol. The Balaban J connectivity index is 1.77. The van der Waals surface area contributed by atoms with Gasteiger partial charge >= 0.3 is 5.97 Å². The van der Waals surface area contributed by atoms with Crippen LogP contribution in [-0.2, 0) is 21.2 Å². The smallest absolute Gasteiger partial charge is 0.321 e. The minimum atomic E-state index is -3.96. The van der Waals surface area contributed by atoms with E-state index in [9.17, 15) is 18.0 Å². The van der Waals surface area contributed by atoms with Crippen molar-refractivity contribution in [2.75, 3.05) is 0 Å². The van der Waals surface area contributed by atoms with Gasteiger partial charge in [0.05, 0.1) is 10.6 Å². The summed E-state index contributed by atoms with van der Waals surface area (Å²) in [6, 6.07) is 17.1. The fraction of sp³-hybridized carbons (Fsp3) is 0.167. The fourth-order valence-electron chi connectivity index (χ4n) is 3.07. The lowest BCUT2D eigenvalue weighted by Crippen LogP contribution is -2.26. The van der Waals surface area contributed by atoms with Crippen molar-refractivity contribution in [3.63, 3.8) is 0 Å². The summed E-state index contributed by atoms with van der Waals surface area (Å²) in [5, 5.41) is 7.51. The normalized spacial score (nSPS) is 12.7. The Labute approximate surface area is 181 Å². The second-order valence-electron chi connectivity index (χ2n) is 7.24. The number of carboxylic acid groups (broad SMARTS) is 1. The molecule has 3 rings (SSSR count). The number of aliphatic carboxylic acids is 1. The number of carbonyl (C=O) groups excluding carboxylic acids is 1. The summed E-state index contributed by atoms with van der Waals surface area (Å²) in [6.07, 6.45) is 5.37. The molecule has 31 heavy (non-hydrogen) atoms. The first-order valence-electron chi connectivity index (χ1n) is 9.70. The lowest BCUT2D eigenvalue weighted by atomic mass is 10.1. The minimum absolute atomic E-state index is 0.0410. The Kier molecular flexibility index (Phi) is 6.56. The Morgan fingerprint density at radius 2 is 1.77 bits per heavy atom. The number of rotatable bonds is 8. The third kappa shape index (κ3) is 5.00. The highest BCUT2D eigenvalue weighted by molar-refractivity contribution is 7.92. The van der Waals surface area contributed by atoms with Crippen molar-refractivity contribution in [2.24, 2.45) is 0 Å². The van der Waals surface area contributed by atoms with Gasteiger partial charge in [-0.05, 0) is 43.7 Å². The summed E-state index contributed by atoms with van der Waals surface area (Å²) in [4.78, 5) is 23.8. The van der Waals surface area contributed by atoms with Crippen LogP contribution in [0.2, 0.25) is 0 Å². The molecule has 0 aliphatic heterocycles. The van der Waals surface area contributed by atoms with Crippen molar-refractivity contribution in [1.82, 2.24) is 4.57 Å². The van der Waals surface area contributed by atoms with Crippen LogP contribution in [0, 0.1) is 6.92 Å². The summed E-state index contributed by atoms with van der Waals surface area (Å²) in [6.45, 7) is 3.53. The molecule has 0 amide bonds. The van der Waals surface area contributed by atoms with E-state index in [2.05, 4.69) is 0 Å². The predicted molar refractivity (Wildman–Crippen MR) is 119 cm³/mol. The van der Waals surface area contributed by atoms with Gasteiger partial charge in [0, 0.05) is 18.3 Å². The minimum Gasteiger partial charge on any atom is -0.480 e. The number of carbonyl (C=O) groups is 2. The molecule has 2 aromatic carbocycles. The predicted octanol–water partition coefficient (Wildman–Crippen LogP) is 3.99. The molecule has 1 aromatic heterocycles. The van der Waals surface area contributed by atoms with Crippen LogP contribution < -0.4 is 0 Å². The highest BCUT2D eigenvalue weighted by atomic mass is 32.2. The van der Waals surface area contributed by atoms with Crippen LogP contribution in [0.25, 0.3) is 6.08 Å². The fourth-order valence-corrected chi connectivity index (χ4v) is 4.31. The standard InChI is InChI=1S/C24H23NO5S/c1-17-10-12-20(13-11-17)23(26)22-9-5-15-25(22)14-4-7-19-6-3-8-21(16-19)31(29,30)18(2)24(27)28/h3-13,15-16,18H,14H2,1-2H3,(H,27,28)/b7-4+. The molecule has 0 spiro atoms. The largest absolute Gasteiger partial charge is 0.480 e. The highest BCUT2D eigenvalue weighted by Crippen LogP contribution is 2.19. The number of aromatic nitrogens is 1. The molecule has 0 aliphatic carbocycles. The molecule has 1 atom stereocenters. The molecule has 0 aliphatic rings. The molecule has 0 saturated heterocycles. The number of nitrogens with zero attached hydrogens (tertiary/aromatic N) is 1. The van der Waals surface area contributed by atoms with E-state index in [0.717, 1.165) is 12.5 Å². The monoisotopic (exact) mass is 437 g/mol. The Morgan fingerprint density at radius 3 is 2.45 bits per heavy atom. The topological polar surface area (TPSA) is 93.4 Å². The van der Waals surface area contributed by atoms with Crippen molar-refractivity contribution in [2.45, 2.75) is 30.5 Å². The summed E-state index contributed by atoms with van der Waals surface area (Å²) < 4.78 is 26.6. The molecule has 160 valence electrons. The van der Waals surface area contributed by atoms with Crippen LogP contribution in [0.3, 0.4) is 0 Å². The third-order valence-electron chi connectivity index (χ3n) is 4.99. The molecule has 0 saturated carbocycles. The van der Waals surface area contributed by atoms with Crippen molar-refractivity contribution in [3.8, 4) is 0 Å². The van der Waals surface area contributed by atoms with Crippen molar-refractivity contribution in [1.29, 1.82) is 0 Å². The molecule has 0 fully saturated rings. The van der Waals surface area contributed by atoms with E-state index < -0.39 is 21.1 Å². The molecule has 6 nitrogen and oxygen atoms in total. The van der Waals surface area contributed by atoms with Crippen LogP contribution in [0.1, 0.15) is 34.1 Å². The molecule has 1 unspecified atom stereocenters. The number of allylic oxidation sites excluding steroid dienone is 1. The van der Waals surface area contributed by atoms with E-state index >= 15 is 0 Å². The van der Waals surface area contributed by atoms with Gasteiger partial charge in [-0.3, -0.25) is 9.59 Å². The van der Waals surface area contributed by atoms with E-state index in [1.165, 1.54) is 12.1 Å². The summed E-state index contributed by atoms with van der Waals surface area (Å²) >= 11 is 0. The lowest BCUT2D eigenvalue weighted by Gasteiger charge is -2.09. The number of aryl methyl sites for hydroxylation is 1. The molecule has 3 aromatic rings. The van der Waals surface area contributed by atoms with Gasteiger partial charge in [-0.1, -0.05) is 54.1 Å². The van der Waals surface area contributed by atoms with Gasteiger partial charge in [0.25, 0.3) is 0 Å². The summed E-state index contributed by atoms with van der Waals surface area (Å²) in [5.41, 5.74) is 2.87. The lowest BCUT2D eigenvalue weighted by molar-refractivity contribution is -0.136. The van der Waals surface area contributed by atoms with Crippen LogP contribution in [0.4, 0.5) is 0 Å². The number of hydrogen-bond acceptors (Lipinski definition) is 4. The average Bonchev–Trinajstić information content (AvgIpc) is 3.22. The quantitative estimate of drug-likeness (QED) is 0.538. The number of hydrogen-bond donors (Lipinski definition) is 1. The maximum atomic E-state index is 12.8. The Bertz CT molecular complexity index is 1240. The summed E-state index contributed by atoms with van der Waals surface area (Å²) in [5.74, 6) is -1.46. The third-order valence-corrected chi connectivity index (χ3v) is 7.03. The second kappa shape index (κ2) is 9.14. The van der Waals surface area contributed by atoms with Crippen LogP contribution in [0.15, 0.2) is 77.8 Å². The highest BCUT2D eigenvalue weighted by Gasteiger charge is 2.29. The van der Waals surface area contributed by atoms with Crippen molar-refractivity contribution < 1.29 is 23.1 Å². The molecular formula is C24H23NO5S. The van der Waals surface area contributed by atoms with Gasteiger partial charge < -0.3 is 9.67 Å². The van der Waals surface area contributed by atoms with Gasteiger partial charge in [-0.25, -0.2) is 8.42 Å². The first-order chi connectivity index (χ1) is 14.7. The van der Waals surface area contributed by atoms with Crippen molar-refractivity contribution in [3.05, 3.63) is 95.3 Å². The first-order valence-corrected chi connectivity index (χ1v) is 11.2. The van der Waals surface area contributed by atoms with E-state index in [1.807, 2.05) is 29.7 Å². The van der Waals surface area contributed by atoms with Crippen LogP contribution >= 0.6 is 0 Å². The molecule has 1 heterocycles. The number of ketones is 1. The second-order valence-corrected chi connectivity index (χ2v) is 9.51. The van der Waals surface area contributed by atoms with E-state index in [0.29, 0.717) is 23.4 Å². The van der Waals surface area contributed by atoms with Gasteiger partial charge in [-0.2, -0.15) is 0 Å². The zero-order valence-electron chi connectivity index (χ0n) is 17.2. The first kappa shape index (κ1) is 22.2. The molecule has 1 N–H and O–H groups in total. The molecule has 0 radical (unpaired) electrons. The van der Waals surface area contributed by atoms with E-state index in [1.54, 1.807) is 48.7 Å². The van der Waals surface area contributed by atoms with Crippen molar-refractivity contribution >= 4 is 27.7 Å². The zero-order chi connectivity index (χ0) is 22.6. The van der Waals surface area contributed by atoms with E-state index in [4.69, 9.17) is 5.11 Å². The van der Waals surface area contributed by atoms with Crippen LogP contribution in [0.5, 0.6) is 0 Å². The Hall–Kier alpha value is -3.45. The van der Waals surface area contributed by atoms with Gasteiger partial charge in [0.1, 0.15) is 0 Å². The maximum absolute atomic E-state index is 12.8. The molecular weight excluding hydrogens is 414 g/mol. The van der Waals surface area contributed by atoms with Gasteiger partial charge in [-0.15, -0.1) is 0 Å². The number of carboxylic acids is 1. The zero-order valence-corrected chi connectivity index (χ0v) is 18.0. The van der Waals surface area contributed by atoms with Gasteiger partial charge in [0.2, 0.25) is 5.78 Å².